The van der Waals surface area contributed by atoms with E-state index in [0.29, 0.717) is 6.42 Å². The topological polar surface area (TPSA) is 63.6 Å². The van der Waals surface area contributed by atoms with Gasteiger partial charge in [-0.3, -0.25) is 9.59 Å². The Labute approximate surface area is 287 Å². The molecule has 1 N–H and O–H groups in total. The molecule has 0 aromatic heterocycles. The van der Waals surface area contributed by atoms with Crippen LogP contribution in [-0.2, 0) is 14.3 Å². The van der Waals surface area contributed by atoms with Crippen LogP contribution in [-0.4, -0.2) is 23.1 Å². The van der Waals surface area contributed by atoms with E-state index in [2.05, 4.69) is 26.0 Å². The van der Waals surface area contributed by atoms with E-state index in [0.717, 1.165) is 57.8 Å². The lowest BCUT2D eigenvalue weighted by molar-refractivity contribution is -0.150. The molecule has 1 unspecified atom stereocenters. The van der Waals surface area contributed by atoms with Gasteiger partial charge in [-0.2, -0.15) is 0 Å². The van der Waals surface area contributed by atoms with Crippen molar-refractivity contribution in [3.63, 3.8) is 0 Å². The quantitative estimate of drug-likeness (QED) is 0.0411. The van der Waals surface area contributed by atoms with Crippen molar-refractivity contribution in [1.29, 1.82) is 0 Å². The summed E-state index contributed by atoms with van der Waals surface area (Å²) in [7, 11) is 0. The molecule has 0 rings (SSSR count). The molecule has 0 bridgehead atoms. The van der Waals surface area contributed by atoms with Crippen molar-refractivity contribution < 1.29 is 19.4 Å². The Hall–Kier alpha value is -1.32. The predicted octanol–water partition coefficient (Wildman–Crippen LogP) is 14.2. The van der Waals surface area contributed by atoms with E-state index in [-0.39, 0.29) is 18.5 Å². The van der Waals surface area contributed by atoms with Gasteiger partial charge in [-0.05, 0) is 64.2 Å². The Morgan fingerprint density at radius 3 is 1.17 bits per heavy atom. The third-order valence-corrected chi connectivity index (χ3v) is 9.49. The number of ether oxygens (including phenoxy) is 1. The van der Waals surface area contributed by atoms with Crippen LogP contribution < -0.4 is 0 Å². The molecule has 4 heteroatoms. The van der Waals surface area contributed by atoms with Gasteiger partial charge in [0.25, 0.3) is 0 Å². The first-order valence-electron chi connectivity index (χ1n) is 20.7. The van der Waals surface area contributed by atoms with Gasteiger partial charge in [0.15, 0.2) is 0 Å². The second-order valence-corrected chi connectivity index (χ2v) is 14.2. The molecule has 0 amide bonds. The van der Waals surface area contributed by atoms with Crippen molar-refractivity contribution in [2.24, 2.45) is 0 Å². The van der Waals surface area contributed by atoms with Crippen molar-refractivity contribution in [2.45, 2.75) is 245 Å². The van der Waals surface area contributed by atoms with Crippen molar-refractivity contribution in [1.82, 2.24) is 0 Å². The molecule has 0 saturated heterocycles. The molecule has 4 nitrogen and oxygen atoms in total. The monoisotopic (exact) mass is 649 g/mol. The molecule has 272 valence electrons. The van der Waals surface area contributed by atoms with Crippen LogP contribution in [0.5, 0.6) is 0 Å². The molecule has 0 aromatic carbocycles. The van der Waals surface area contributed by atoms with Gasteiger partial charge >= 0.3 is 11.9 Å². The third kappa shape index (κ3) is 37.1. The minimum atomic E-state index is -0.708. The maximum absolute atomic E-state index is 12.6. The van der Waals surface area contributed by atoms with E-state index in [9.17, 15) is 9.59 Å². The molecule has 0 heterocycles. The predicted molar refractivity (Wildman–Crippen MR) is 200 cm³/mol. The van der Waals surface area contributed by atoms with E-state index in [1.807, 2.05) is 0 Å². The van der Waals surface area contributed by atoms with Crippen LogP contribution in [0.15, 0.2) is 12.2 Å². The van der Waals surface area contributed by atoms with Crippen molar-refractivity contribution in [3.05, 3.63) is 12.2 Å². The van der Waals surface area contributed by atoms with Crippen molar-refractivity contribution >= 4 is 11.9 Å². The number of carbonyl (C=O) groups is 2. The highest BCUT2D eigenvalue weighted by atomic mass is 16.5. The summed E-state index contributed by atoms with van der Waals surface area (Å²) in [6.07, 6.45) is 46.6. The van der Waals surface area contributed by atoms with Gasteiger partial charge in [0.2, 0.25) is 0 Å². The average Bonchev–Trinajstić information content (AvgIpc) is 3.04. The summed E-state index contributed by atoms with van der Waals surface area (Å²) in [4.78, 5) is 23.4. The van der Waals surface area contributed by atoms with Gasteiger partial charge < -0.3 is 9.84 Å². The highest BCUT2D eigenvalue weighted by Gasteiger charge is 2.14. The maximum Gasteiger partial charge on any atom is 0.306 e. The standard InChI is InChI=1S/C42H80O4/c1-3-5-7-9-11-13-15-17-19-21-23-25-27-29-35-39-42(45)46-40(37-33-30-31-34-38-41(43)44)36-32-28-26-24-22-20-18-16-14-12-10-8-6-4-2/h17,19,40H,3-16,18,20-39H2,1-2H3,(H,43,44)/b19-17-. The average molecular weight is 649 g/mol. The Morgan fingerprint density at radius 2 is 0.783 bits per heavy atom. The number of hydrogen-bond donors (Lipinski definition) is 1. The third-order valence-electron chi connectivity index (χ3n) is 9.49. The molecule has 0 fully saturated rings. The second kappa shape index (κ2) is 38.1. The number of carboxylic acid groups (broad SMARTS) is 1. The van der Waals surface area contributed by atoms with Crippen LogP contribution in [0, 0.1) is 0 Å². The van der Waals surface area contributed by atoms with Gasteiger partial charge in [-0.1, -0.05) is 174 Å². The molecule has 0 aromatic rings. The number of esters is 1. The van der Waals surface area contributed by atoms with E-state index in [1.54, 1.807) is 0 Å². The van der Waals surface area contributed by atoms with Crippen LogP contribution in [0.1, 0.15) is 239 Å². The number of rotatable bonds is 38. The highest BCUT2D eigenvalue weighted by molar-refractivity contribution is 5.69. The Kier molecular flexibility index (Phi) is 37.0. The van der Waals surface area contributed by atoms with E-state index < -0.39 is 5.97 Å². The fourth-order valence-electron chi connectivity index (χ4n) is 6.42. The first-order chi connectivity index (χ1) is 22.6. The summed E-state index contributed by atoms with van der Waals surface area (Å²) in [6.45, 7) is 4.55. The Bertz CT molecular complexity index is 658. The molecule has 0 spiro atoms. The zero-order chi connectivity index (χ0) is 33.6. The first kappa shape index (κ1) is 44.7. The SMILES string of the molecule is CCCCCCCC/C=C\CCCCCCCC(=O)OC(CCCCCCCCCCCCCCCC)CCCCCCC(=O)O. The summed E-state index contributed by atoms with van der Waals surface area (Å²) in [6, 6.07) is 0. The molecule has 0 saturated carbocycles. The minimum absolute atomic E-state index is 0.0149. The van der Waals surface area contributed by atoms with E-state index >= 15 is 0 Å². The van der Waals surface area contributed by atoms with Gasteiger partial charge in [-0.15, -0.1) is 0 Å². The zero-order valence-electron chi connectivity index (χ0n) is 31.2. The summed E-state index contributed by atoms with van der Waals surface area (Å²) in [5.74, 6) is -0.723. The minimum Gasteiger partial charge on any atom is -0.481 e. The maximum atomic E-state index is 12.6. The lowest BCUT2D eigenvalue weighted by atomic mass is 10.0. The molecular weight excluding hydrogens is 568 g/mol. The molecule has 0 aliphatic heterocycles. The van der Waals surface area contributed by atoms with Gasteiger partial charge in [0.1, 0.15) is 6.10 Å². The van der Waals surface area contributed by atoms with Gasteiger partial charge in [0, 0.05) is 12.8 Å². The number of unbranched alkanes of at least 4 members (excludes halogenated alkanes) is 27. The van der Waals surface area contributed by atoms with Crippen LogP contribution in [0.2, 0.25) is 0 Å². The Morgan fingerprint density at radius 1 is 0.457 bits per heavy atom. The molecule has 1 atom stereocenters. The number of allylic oxidation sites excluding steroid dienone is 2. The number of carboxylic acids is 1. The number of carbonyl (C=O) groups excluding carboxylic acids is 1. The normalized spacial score (nSPS) is 12.2. The van der Waals surface area contributed by atoms with Gasteiger partial charge in [0.05, 0.1) is 0 Å². The molecular formula is C42H80O4. The number of hydrogen-bond acceptors (Lipinski definition) is 3. The molecule has 0 radical (unpaired) electrons. The molecule has 0 aliphatic carbocycles. The lowest BCUT2D eigenvalue weighted by Gasteiger charge is -2.18. The summed E-state index contributed by atoms with van der Waals surface area (Å²) in [5, 5.41) is 8.86. The fourth-order valence-corrected chi connectivity index (χ4v) is 6.42. The lowest BCUT2D eigenvalue weighted by Crippen LogP contribution is -2.18. The first-order valence-corrected chi connectivity index (χ1v) is 20.7. The fraction of sp³-hybridized carbons (Fsp3) is 0.905. The largest absolute Gasteiger partial charge is 0.481 e. The molecule has 0 aliphatic rings. The highest BCUT2D eigenvalue weighted by Crippen LogP contribution is 2.19. The van der Waals surface area contributed by atoms with Crippen LogP contribution >= 0.6 is 0 Å². The molecule has 46 heavy (non-hydrogen) atoms. The van der Waals surface area contributed by atoms with Gasteiger partial charge in [-0.25, -0.2) is 0 Å². The second-order valence-electron chi connectivity index (χ2n) is 14.2. The summed E-state index contributed by atoms with van der Waals surface area (Å²) in [5.41, 5.74) is 0. The van der Waals surface area contributed by atoms with Crippen molar-refractivity contribution in [2.75, 3.05) is 0 Å². The summed E-state index contributed by atoms with van der Waals surface area (Å²) >= 11 is 0. The smallest absolute Gasteiger partial charge is 0.306 e. The summed E-state index contributed by atoms with van der Waals surface area (Å²) < 4.78 is 5.99. The zero-order valence-corrected chi connectivity index (χ0v) is 31.2. The van der Waals surface area contributed by atoms with Crippen molar-refractivity contribution in [3.8, 4) is 0 Å². The number of aliphatic carboxylic acids is 1. The Balaban J connectivity index is 3.97. The van der Waals surface area contributed by atoms with Crippen LogP contribution in [0.25, 0.3) is 0 Å². The van der Waals surface area contributed by atoms with Crippen LogP contribution in [0.4, 0.5) is 0 Å². The van der Waals surface area contributed by atoms with E-state index in [4.69, 9.17) is 9.84 Å². The van der Waals surface area contributed by atoms with Crippen LogP contribution in [0.3, 0.4) is 0 Å². The van der Waals surface area contributed by atoms with E-state index in [1.165, 1.54) is 154 Å².